The Hall–Kier alpha value is -3.50. The van der Waals surface area contributed by atoms with Crippen LogP contribution in [0.4, 0.5) is 11.6 Å². The molecule has 160 valence electrons. The number of aromatic nitrogens is 2. The number of halogens is 1. The molecule has 0 unspecified atom stereocenters. The standard InChI is InChI=1S/C20H18ClN5O4S/c21-15-4-2-14(3-5-15)19(28)22-13-10-18(27)25-16-6-8-17(9-7-16)31(29,30)26-20-23-11-1-12-24-20/h1-9,11-12H,10,13H2,(H,22,28)(H,25,27)(H,23,24,26). The van der Waals surface area contributed by atoms with Crippen LogP contribution in [0.1, 0.15) is 16.8 Å². The number of hydrogen-bond acceptors (Lipinski definition) is 6. The highest BCUT2D eigenvalue weighted by Crippen LogP contribution is 2.16. The normalized spacial score (nSPS) is 10.9. The second kappa shape index (κ2) is 10.0. The van der Waals surface area contributed by atoms with E-state index >= 15 is 0 Å². The molecule has 0 saturated carbocycles. The first-order valence-corrected chi connectivity index (χ1v) is 10.9. The van der Waals surface area contributed by atoms with Gasteiger partial charge >= 0.3 is 0 Å². The predicted octanol–water partition coefficient (Wildman–Crippen LogP) is 2.69. The minimum atomic E-state index is -3.85. The highest BCUT2D eigenvalue weighted by molar-refractivity contribution is 7.92. The van der Waals surface area contributed by atoms with Gasteiger partial charge in [0.2, 0.25) is 11.9 Å². The molecule has 11 heteroatoms. The minimum absolute atomic E-state index is 0.00631. The minimum Gasteiger partial charge on any atom is -0.352 e. The van der Waals surface area contributed by atoms with Crippen LogP contribution in [0.2, 0.25) is 5.02 Å². The molecule has 0 atom stereocenters. The van der Waals surface area contributed by atoms with Gasteiger partial charge in [-0.2, -0.15) is 0 Å². The molecule has 2 aromatic carbocycles. The Balaban J connectivity index is 1.49. The van der Waals surface area contributed by atoms with Crippen LogP contribution in [0.3, 0.4) is 0 Å². The van der Waals surface area contributed by atoms with Crippen molar-refractivity contribution in [1.29, 1.82) is 0 Å². The van der Waals surface area contributed by atoms with E-state index in [0.717, 1.165) is 0 Å². The molecule has 0 aliphatic heterocycles. The van der Waals surface area contributed by atoms with Gasteiger partial charge < -0.3 is 10.6 Å². The third kappa shape index (κ3) is 6.49. The Morgan fingerprint density at radius 3 is 2.23 bits per heavy atom. The van der Waals surface area contributed by atoms with E-state index in [1.807, 2.05) is 0 Å². The van der Waals surface area contributed by atoms with Gasteiger partial charge in [-0.25, -0.2) is 23.1 Å². The summed E-state index contributed by atoms with van der Waals surface area (Å²) in [6.45, 7) is 0.140. The van der Waals surface area contributed by atoms with Gasteiger partial charge in [-0.1, -0.05) is 11.6 Å². The Kier molecular flexibility index (Phi) is 7.16. The maximum atomic E-state index is 12.3. The van der Waals surface area contributed by atoms with Gasteiger partial charge in [-0.15, -0.1) is 0 Å². The quantitative estimate of drug-likeness (QED) is 0.474. The van der Waals surface area contributed by atoms with Crippen LogP contribution in [0.25, 0.3) is 0 Å². The molecular weight excluding hydrogens is 442 g/mol. The number of amides is 2. The number of carbonyl (C=O) groups excluding carboxylic acids is 2. The largest absolute Gasteiger partial charge is 0.352 e. The first kappa shape index (κ1) is 22.2. The van der Waals surface area contributed by atoms with Crippen LogP contribution in [0.5, 0.6) is 0 Å². The van der Waals surface area contributed by atoms with Gasteiger partial charge in [0.1, 0.15) is 0 Å². The number of benzene rings is 2. The number of anilines is 2. The monoisotopic (exact) mass is 459 g/mol. The molecule has 3 rings (SSSR count). The van der Waals surface area contributed by atoms with E-state index in [2.05, 4.69) is 25.3 Å². The third-order valence-electron chi connectivity index (χ3n) is 3.98. The molecule has 3 aromatic rings. The second-order valence-corrected chi connectivity index (χ2v) is 8.38. The van der Waals surface area contributed by atoms with Crippen LogP contribution in [-0.2, 0) is 14.8 Å². The zero-order valence-electron chi connectivity index (χ0n) is 16.1. The van der Waals surface area contributed by atoms with Gasteiger partial charge in [0.15, 0.2) is 0 Å². The molecule has 2 amide bonds. The highest BCUT2D eigenvalue weighted by atomic mass is 35.5. The number of rotatable bonds is 8. The van der Waals surface area contributed by atoms with E-state index in [4.69, 9.17) is 11.6 Å². The first-order valence-electron chi connectivity index (χ1n) is 9.07. The van der Waals surface area contributed by atoms with Crippen molar-refractivity contribution in [3.63, 3.8) is 0 Å². The predicted molar refractivity (Wildman–Crippen MR) is 116 cm³/mol. The lowest BCUT2D eigenvalue weighted by Gasteiger charge is -2.09. The summed E-state index contributed by atoms with van der Waals surface area (Å²) < 4.78 is 27.0. The van der Waals surface area contributed by atoms with Crippen molar-refractivity contribution in [2.75, 3.05) is 16.6 Å². The summed E-state index contributed by atoms with van der Waals surface area (Å²) >= 11 is 5.78. The molecule has 0 fully saturated rings. The number of nitrogens with one attached hydrogen (secondary N) is 3. The summed E-state index contributed by atoms with van der Waals surface area (Å²) in [6, 6.07) is 13.6. The van der Waals surface area contributed by atoms with E-state index in [0.29, 0.717) is 16.3 Å². The van der Waals surface area contributed by atoms with Crippen LogP contribution in [0.15, 0.2) is 71.9 Å². The Bertz CT molecular complexity index is 1150. The maximum Gasteiger partial charge on any atom is 0.264 e. The van der Waals surface area contributed by atoms with Crippen LogP contribution in [0, 0.1) is 0 Å². The number of sulfonamides is 1. The molecule has 31 heavy (non-hydrogen) atoms. The molecule has 0 bridgehead atoms. The van der Waals surface area contributed by atoms with E-state index in [1.54, 1.807) is 30.3 Å². The van der Waals surface area contributed by atoms with Crippen molar-refractivity contribution in [1.82, 2.24) is 15.3 Å². The van der Waals surface area contributed by atoms with Crippen molar-refractivity contribution in [3.05, 3.63) is 77.6 Å². The SMILES string of the molecule is O=C(CCNC(=O)c1ccc(Cl)cc1)Nc1ccc(S(=O)(=O)Nc2ncccn2)cc1. The maximum absolute atomic E-state index is 12.3. The molecule has 0 aliphatic rings. The van der Waals surface area contributed by atoms with Gasteiger partial charge in [0.25, 0.3) is 15.9 Å². The summed E-state index contributed by atoms with van der Waals surface area (Å²) in [5.74, 6) is -0.683. The molecule has 9 nitrogen and oxygen atoms in total. The van der Waals surface area contributed by atoms with E-state index in [1.165, 1.54) is 36.7 Å². The van der Waals surface area contributed by atoms with E-state index in [9.17, 15) is 18.0 Å². The second-order valence-electron chi connectivity index (χ2n) is 6.26. The van der Waals surface area contributed by atoms with E-state index < -0.39 is 10.0 Å². The molecule has 0 radical (unpaired) electrons. The number of hydrogen-bond donors (Lipinski definition) is 3. The number of nitrogens with zero attached hydrogens (tertiary/aromatic N) is 2. The fraction of sp³-hybridized carbons (Fsp3) is 0.100. The van der Waals surface area contributed by atoms with Crippen molar-refractivity contribution >= 4 is 45.1 Å². The van der Waals surface area contributed by atoms with Crippen molar-refractivity contribution < 1.29 is 18.0 Å². The fourth-order valence-electron chi connectivity index (χ4n) is 2.46. The average molecular weight is 460 g/mol. The smallest absolute Gasteiger partial charge is 0.264 e. The van der Waals surface area contributed by atoms with Crippen molar-refractivity contribution in [2.45, 2.75) is 11.3 Å². The topological polar surface area (TPSA) is 130 Å². The van der Waals surface area contributed by atoms with Gasteiger partial charge in [0, 0.05) is 41.6 Å². The zero-order valence-corrected chi connectivity index (χ0v) is 17.7. The van der Waals surface area contributed by atoms with Crippen LogP contribution in [-0.4, -0.2) is 36.7 Å². The van der Waals surface area contributed by atoms with Gasteiger partial charge in [-0.3, -0.25) is 9.59 Å². The fourth-order valence-corrected chi connectivity index (χ4v) is 3.55. The van der Waals surface area contributed by atoms with Crippen LogP contribution >= 0.6 is 11.6 Å². The molecule has 0 saturated heterocycles. The third-order valence-corrected chi connectivity index (χ3v) is 5.58. The van der Waals surface area contributed by atoms with Crippen molar-refractivity contribution in [3.8, 4) is 0 Å². The summed E-state index contributed by atoms with van der Waals surface area (Å²) in [5.41, 5.74) is 0.861. The summed E-state index contributed by atoms with van der Waals surface area (Å²) in [4.78, 5) is 31.7. The average Bonchev–Trinajstić information content (AvgIpc) is 2.75. The van der Waals surface area contributed by atoms with E-state index in [-0.39, 0.29) is 35.6 Å². The Morgan fingerprint density at radius 1 is 0.935 bits per heavy atom. The molecule has 1 heterocycles. The summed E-state index contributed by atoms with van der Waals surface area (Å²) in [7, 11) is -3.85. The van der Waals surface area contributed by atoms with Gasteiger partial charge in [-0.05, 0) is 54.6 Å². The van der Waals surface area contributed by atoms with Gasteiger partial charge in [0.05, 0.1) is 4.90 Å². The number of carbonyl (C=O) groups is 2. The lowest BCUT2D eigenvalue weighted by molar-refractivity contribution is -0.116. The Morgan fingerprint density at radius 2 is 1.58 bits per heavy atom. The molecule has 1 aromatic heterocycles. The molecule has 3 N–H and O–H groups in total. The molecular formula is C20H18ClN5O4S. The lowest BCUT2D eigenvalue weighted by atomic mass is 10.2. The Labute approximate surface area is 183 Å². The molecule has 0 spiro atoms. The summed E-state index contributed by atoms with van der Waals surface area (Å²) in [6.07, 6.45) is 2.88. The lowest BCUT2D eigenvalue weighted by Crippen LogP contribution is -2.27. The molecule has 0 aliphatic carbocycles. The highest BCUT2D eigenvalue weighted by Gasteiger charge is 2.15. The first-order chi connectivity index (χ1) is 14.8. The van der Waals surface area contributed by atoms with Crippen molar-refractivity contribution in [2.24, 2.45) is 0 Å². The van der Waals surface area contributed by atoms with Crippen LogP contribution < -0.4 is 15.4 Å². The zero-order chi connectivity index (χ0) is 22.3. The summed E-state index contributed by atoms with van der Waals surface area (Å²) in [5, 5.41) is 5.82.